The standard InChI is InChI=1S/C22H32N4O3S.HI/c1-23-22(25-16-8-11-26(12-9-16)21-6-5-13-30-21)24-10-7-18-19(28-3)14-17(27-2)15-20(18)29-4;/h5-6,13-16H,7-12H2,1-4H3,(H2,23,24,25);1H. The van der Waals surface area contributed by atoms with Gasteiger partial charge in [0.2, 0.25) is 0 Å². The van der Waals surface area contributed by atoms with Crippen molar-refractivity contribution in [2.24, 2.45) is 4.99 Å². The number of hydrogen-bond donors (Lipinski definition) is 2. The van der Waals surface area contributed by atoms with Crippen molar-refractivity contribution in [3.63, 3.8) is 0 Å². The van der Waals surface area contributed by atoms with E-state index in [2.05, 4.69) is 38.0 Å². The Bertz CT molecular complexity index is 799. The third-order valence-corrected chi connectivity index (χ3v) is 6.29. The Kier molecular flexibility index (Phi) is 10.5. The van der Waals surface area contributed by atoms with Gasteiger partial charge in [-0.3, -0.25) is 4.99 Å². The summed E-state index contributed by atoms with van der Waals surface area (Å²) in [7, 11) is 6.77. The first-order chi connectivity index (χ1) is 14.7. The van der Waals surface area contributed by atoms with Gasteiger partial charge in [-0.25, -0.2) is 0 Å². The van der Waals surface area contributed by atoms with Crippen molar-refractivity contribution in [3.8, 4) is 17.2 Å². The third kappa shape index (κ3) is 6.80. The molecule has 2 aromatic rings. The van der Waals surface area contributed by atoms with Crippen molar-refractivity contribution in [3.05, 3.63) is 35.2 Å². The summed E-state index contributed by atoms with van der Waals surface area (Å²) >= 11 is 1.81. The minimum absolute atomic E-state index is 0. The monoisotopic (exact) mass is 560 g/mol. The van der Waals surface area contributed by atoms with E-state index in [0.717, 1.165) is 55.4 Å². The molecule has 31 heavy (non-hydrogen) atoms. The lowest BCUT2D eigenvalue weighted by Gasteiger charge is -2.33. The summed E-state index contributed by atoms with van der Waals surface area (Å²) in [6.07, 6.45) is 2.94. The highest BCUT2D eigenvalue weighted by atomic mass is 127. The predicted octanol–water partition coefficient (Wildman–Crippen LogP) is 3.77. The van der Waals surface area contributed by atoms with Gasteiger partial charge in [0.05, 0.1) is 26.3 Å². The summed E-state index contributed by atoms with van der Waals surface area (Å²) < 4.78 is 16.4. The SMILES string of the molecule is CN=C(NCCc1c(OC)cc(OC)cc1OC)NC1CCN(c2cccs2)CC1.I. The minimum atomic E-state index is 0. The van der Waals surface area contributed by atoms with E-state index in [1.54, 1.807) is 21.3 Å². The molecule has 2 N–H and O–H groups in total. The highest BCUT2D eigenvalue weighted by molar-refractivity contribution is 14.0. The average Bonchev–Trinajstić information content (AvgIpc) is 3.33. The van der Waals surface area contributed by atoms with E-state index in [0.29, 0.717) is 18.3 Å². The molecule has 1 aliphatic heterocycles. The second kappa shape index (κ2) is 12.8. The van der Waals surface area contributed by atoms with Crippen LogP contribution in [-0.4, -0.2) is 60.0 Å². The molecule has 2 heterocycles. The molecule has 1 aromatic carbocycles. The van der Waals surface area contributed by atoms with Gasteiger partial charge in [0.1, 0.15) is 17.2 Å². The Morgan fingerprint density at radius 1 is 1.13 bits per heavy atom. The Balaban J connectivity index is 0.00000341. The molecule has 0 aliphatic carbocycles. The molecule has 0 spiro atoms. The van der Waals surface area contributed by atoms with Crippen LogP contribution >= 0.6 is 35.3 Å². The number of anilines is 1. The van der Waals surface area contributed by atoms with Crippen molar-refractivity contribution in [1.29, 1.82) is 0 Å². The number of hydrogen-bond acceptors (Lipinski definition) is 6. The first-order valence-electron chi connectivity index (χ1n) is 10.2. The zero-order chi connectivity index (χ0) is 21.3. The van der Waals surface area contributed by atoms with E-state index in [4.69, 9.17) is 14.2 Å². The van der Waals surface area contributed by atoms with Crippen LogP contribution < -0.4 is 29.7 Å². The zero-order valence-electron chi connectivity index (χ0n) is 18.6. The quantitative estimate of drug-likeness (QED) is 0.291. The van der Waals surface area contributed by atoms with Crippen molar-refractivity contribution < 1.29 is 14.2 Å². The molecule has 0 radical (unpaired) electrons. The maximum Gasteiger partial charge on any atom is 0.191 e. The Morgan fingerprint density at radius 3 is 2.32 bits per heavy atom. The maximum absolute atomic E-state index is 5.54. The number of nitrogens with zero attached hydrogens (tertiary/aromatic N) is 2. The fourth-order valence-electron chi connectivity index (χ4n) is 3.71. The molecule has 7 nitrogen and oxygen atoms in total. The van der Waals surface area contributed by atoms with Gasteiger partial charge in [0.25, 0.3) is 0 Å². The van der Waals surface area contributed by atoms with Crippen LogP contribution in [0.3, 0.4) is 0 Å². The lowest BCUT2D eigenvalue weighted by Crippen LogP contribution is -2.49. The molecule has 0 unspecified atom stereocenters. The van der Waals surface area contributed by atoms with Gasteiger partial charge in [0, 0.05) is 50.4 Å². The number of halogens is 1. The molecule has 1 fully saturated rings. The van der Waals surface area contributed by atoms with E-state index in [-0.39, 0.29) is 24.0 Å². The summed E-state index contributed by atoms with van der Waals surface area (Å²) in [4.78, 5) is 6.85. The van der Waals surface area contributed by atoms with Gasteiger partial charge in [-0.1, -0.05) is 0 Å². The predicted molar refractivity (Wildman–Crippen MR) is 139 cm³/mol. The topological polar surface area (TPSA) is 67.4 Å². The van der Waals surface area contributed by atoms with Crippen LogP contribution in [0.5, 0.6) is 17.2 Å². The molecule has 1 saturated heterocycles. The number of guanidine groups is 1. The van der Waals surface area contributed by atoms with Crippen LogP contribution in [0.2, 0.25) is 0 Å². The second-order valence-electron chi connectivity index (χ2n) is 7.12. The number of benzene rings is 1. The van der Waals surface area contributed by atoms with Crippen molar-refractivity contribution in [2.45, 2.75) is 25.3 Å². The van der Waals surface area contributed by atoms with Crippen LogP contribution in [-0.2, 0) is 6.42 Å². The van der Waals surface area contributed by atoms with Crippen LogP contribution in [0.1, 0.15) is 18.4 Å². The summed E-state index contributed by atoms with van der Waals surface area (Å²) in [5.41, 5.74) is 1.01. The second-order valence-corrected chi connectivity index (χ2v) is 8.04. The van der Waals surface area contributed by atoms with Gasteiger partial charge in [-0.2, -0.15) is 0 Å². The number of rotatable bonds is 8. The molecule has 0 bridgehead atoms. The summed E-state index contributed by atoms with van der Waals surface area (Å²) in [6.45, 7) is 2.84. The van der Waals surface area contributed by atoms with Crippen molar-refractivity contribution >= 4 is 46.3 Å². The molecule has 1 aromatic heterocycles. The van der Waals surface area contributed by atoms with Gasteiger partial charge in [-0.05, 0) is 36.8 Å². The molecular weight excluding hydrogens is 527 g/mol. The van der Waals surface area contributed by atoms with E-state index in [9.17, 15) is 0 Å². The van der Waals surface area contributed by atoms with Gasteiger partial charge in [-0.15, -0.1) is 35.3 Å². The number of nitrogens with one attached hydrogen (secondary N) is 2. The largest absolute Gasteiger partial charge is 0.496 e. The summed E-state index contributed by atoms with van der Waals surface area (Å²) in [6, 6.07) is 8.50. The molecule has 0 atom stereocenters. The first kappa shape index (κ1) is 25.4. The minimum Gasteiger partial charge on any atom is -0.496 e. The summed E-state index contributed by atoms with van der Waals surface area (Å²) in [5.74, 6) is 3.07. The maximum atomic E-state index is 5.54. The smallest absolute Gasteiger partial charge is 0.191 e. The Morgan fingerprint density at radius 2 is 1.81 bits per heavy atom. The lowest BCUT2D eigenvalue weighted by atomic mass is 10.1. The molecule has 172 valence electrons. The lowest BCUT2D eigenvalue weighted by molar-refractivity contribution is 0.368. The molecule has 3 rings (SSSR count). The van der Waals surface area contributed by atoms with Gasteiger partial charge in [0.15, 0.2) is 5.96 Å². The zero-order valence-corrected chi connectivity index (χ0v) is 21.8. The number of thiophene rings is 1. The van der Waals surface area contributed by atoms with Crippen molar-refractivity contribution in [1.82, 2.24) is 10.6 Å². The molecular formula is C22H33IN4O3S. The van der Waals surface area contributed by atoms with Crippen LogP contribution in [0.25, 0.3) is 0 Å². The van der Waals surface area contributed by atoms with E-state index < -0.39 is 0 Å². The van der Waals surface area contributed by atoms with Crippen LogP contribution in [0.15, 0.2) is 34.6 Å². The van der Waals surface area contributed by atoms with Crippen LogP contribution in [0, 0.1) is 0 Å². The fraction of sp³-hybridized carbons (Fsp3) is 0.500. The number of ether oxygens (including phenoxy) is 3. The van der Waals surface area contributed by atoms with E-state index in [1.807, 2.05) is 30.5 Å². The van der Waals surface area contributed by atoms with Crippen molar-refractivity contribution in [2.75, 3.05) is 52.9 Å². The number of methoxy groups -OCH3 is 3. The third-order valence-electron chi connectivity index (χ3n) is 5.36. The van der Waals surface area contributed by atoms with Gasteiger partial charge < -0.3 is 29.7 Å². The Hall–Kier alpha value is -1.88. The molecule has 9 heteroatoms. The van der Waals surface area contributed by atoms with E-state index in [1.165, 1.54) is 5.00 Å². The molecule has 0 saturated carbocycles. The first-order valence-corrected chi connectivity index (χ1v) is 11.1. The summed E-state index contributed by atoms with van der Waals surface area (Å²) in [5, 5.41) is 10.5. The van der Waals surface area contributed by atoms with Crippen LogP contribution in [0.4, 0.5) is 5.00 Å². The fourth-order valence-corrected chi connectivity index (χ4v) is 4.50. The number of aliphatic imine (C=N–C) groups is 1. The highest BCUT2D eigenvalue weighted by Gasteiger charge is 2.21. The van der Waals surface area contributed by atoms with E-state index >= 15 is 0 Å². The average molecular weight is 561 g/mol. The Labute approximate surface area is 206 Å². The molecule has 0 amide bonds. The van der Waals surface area contributed by atoms with Gasteiger partial charge >= 0.3 is 0 Å². The highest BCUT2D eigenvalue weighted by Crippen LogP contribution is 2.34. The molecule has 1 aliphatic rings. The number of piperidine rings is 1. The normalized spacial score (nSPS) is 14.6.